The van der Waals surface area contributed by atoms with Crippen molar-refractivity contribution in [1.29, 1.82) is 0 Å². The van der Waals surface area contributed by atoms with E-state index in [0.29, 0.717) is 18.4 Å². The van der Waals surface area contributed by atoms with E-state index in [-0.39, 0.29) is 17.4 Å². The van der Waals surface area contributed by atoms with E-state index < -0.39 is 29.9 Å². The molecule has 1 aromatic carbocycles. The summed E-state index contributed by atoms with van der Waals surface area (Å²) in [6.07, 6.45) is 3.01. The largest absolute Gasteiger partial charge is 0.478 e. The highest BCUT2D eigenvalue weighted by molar-refractivity contribution is 5.87. The van der Waals surface area contributed by atoms with Crippen LogP contribution in [0.25, 0.3) is 0 Å². The Bertz CT molecular complexity index is 810. The first-order valence-electron chi connectivity index (χ1n) is 11.0. The van der Waals surface area contributed by atoms with Gasteiger partial charge >= 0.3 is 5.97 Å². The fourth-order valence-electron chi connectivity index (χ4n) is 5.98. The van der Waals surface area contributed by atoms with Crippen molar-refractivity contribution in [3.8, 4) is 0 Å². The van der Waals surface area contributed by atoms with Crippen molar-refractivity contribution in [2.24, 2.45) is 23.7 Å². The van der Waals surface area contributed by atoms with E-state index in [4.69, 9.17) is 29.1 Å². The maximum atomic E-state index is 11.0. The SMILES string of the molecule is C[C@H]1[C@@H](OCc2ccc(C(=O)O)cc2)O[C@@H]2O[C@]3(C)CC[C@H]4[C@H](C)CC[C@@H]1C24OO3. The van der Waals surface area contributed by atoms with Gasteiger partial charge in [0.25, 0.3) is 0 Å². The summed E-state index contributed by atoms with van der Waals surface area (Å²) in [6, 6.07) is 6.74. The van der Waals surface area contributed by atoms with Crippen LogP contribution in [0.5, 0.6) is 0 Å². The molecule has 7 heteroatoms. The van der Waals surface area contributed by atoms with E-state index in [2.05, 4.69) is 13.8 Å². The van der Waals surface area contributed by atoms with Crippen LogP contribution < -0.4 is 0 Å². The van der Waals surface area contributed by atoms with Crippen LogP contribution >= 0.6 is 0 Å². The second kappa shape index (κ2) is 7.28. The number of carbonyl (C=O) groups is 1. The van der Waals surface area contributed by atoms with Gasteiger partial charge in [0.2, 0.25) is 5.79 Å². The maximum absolute atomic E-state index is 11.0. The first-order valence-corrected chi connectivity index (χ1v) is 11.0. The van der Waals surface area contributed by atoms with E-state index in [1.165, 1.54) is 0 Å². The number of fused-ring (bicyclic) bond motifs is 2. The van der Waals surface area contributed by atoms with Crippen LogP contribution in [0, 0.1) is 23.7 Å². The van der Waals surface area contributed by atoms with Crippen LogP contribution in [0.4, 0.5) is 0 Å². The zero-order valence-electron chi connectivity index (χ0n) is 17.7. The molecule has 30 heavy (non-hydrogen) atoms. The Labute approximate surface area is 176 Å². The average Bonchev–Trinajstić information content (AvgIpc) is 2.96. The molecule has 4 saturated heterocycles. The van der Waals surface area contributed by atoms with Crippen LogP contribution in [-0.2, 0) is 30.6 Å². The lowest BCUT2D eigenvalue weighted by Gasteiger charge is -2.60. The molecule has 164 valence electrons. The molecule has 1 spiro atoms. The van der Waals surface area contributed by atoms with Gasteiger partial charge in [-0.1, -0.05) is 26.0 Å². The number of hydrogen-bond donors (Lipinski definition) is 1. The summed E-state index contributed by atoms with van der Waals surface area (Å²) in [6.45, 7) is 6.71. The predicted molar refractivity (Wildman–Crippen MR) is 105 cm³/mol. The van der Waals surface area contributed by atoms with E-state index in [9.17, 15) is 4.79 Å². The van der Waals surface area contributed by atoms with Crippen molar-refractivity contribution in [2.45, 2.75) is 77.0 Å². The van der Waals surface area contributed by atoms with Crippen LogP contribution in [0.15, 0.2) is 24.3 Å². The van der Waals surface area contributed by atoms with Gasteiger partial charge in [-0.15, -0.1) is 0 Å². The molecule has 0 aromatic heterocycles. The Morgan fingerprint density at radius 1 is 1.13 bits per heavy atom. The zero-order chi connectivity index (χ0) is 21.1. The minimum Gasteiger partial charge on any atom is -0.478 e. The van der Waals surface area contributed by atoms with Gasteiger partial charge in [-0.25, -0.2) is 14.6 Å². The Morgan fingerprint density at radius 2 is 1.90 bits per heavy atom. The molecule has 0 radical (unpaired) electrons. The minimum absolute atomic E-state index is 0.115. The van der Waals surface area contributed by atoms with Crippen molar-refractivity contribution >= 4 is 5.97 Å². The van der Waals surface area contributed by atoms with E-state index in [0.717, 1.165) is 31.2 Å². The average molecular weight is 418 g/mol. The Hall–Kier alpha value is -1.51. The van der Waals surface area contributed by atoms with Gasteiger partial charge in [-0.3, -0.25) is 0 Å². The van der Waals surface area contributed by atoms with Crippen molar-refractivity contribution in [1.82, 2.24) is 0 Å². The highest BCUT2D eigenvalue weighted by atomic mass is 17.3. The molecule has 1 aliphatic carbocycles. The number of benzene rings is 1. The molecule has 1 aromatic rings. The highest BCUT2D eigenvalue weighted by Crippen LogP contribution is 2.60. The number of ether oxygens (including phenoxy) is 3. The number of carboxylic acid groups (broad SMARTS) is 1. The van der Waals surface area contributed by atoms with Gasteiger partial charge in [0, 0.05) is 18.3 Å². The van der Waals surface area contributed by atoms with Crippen LogP contribution in [0.3, 0.4) is 0 Å². The fraction of sp³-hybridized carbons (Fsp3) is 0.696. The van der Waals surface area contributed by atoms with Gasteiger partial charge in [0.05, 0.1) is 12.2 Å². The van der Waals surface area contributed by atoms with Crippen molar-refractivity contribution in [3.05, 3.63) is 35.4 Å². The molecular formula is C23H30O7. The van der Waals surface area contributed by atoms with Gasteiger partial charge in [-0.05, 0) is 55.7 Å². The molecule has 1 saturated carbocycles. The number of aromatic carboxylic acids is 1. The van der Waals surface area contributed by atoms with Gasteiger partial charge in [0.15, 0.2) is 18.2 Å². The molecule has 4 heterocycles. The predicted octanol–water partition coefficient (Wildman–Crippen LogP) is 4.11. The Kier molecular flexibility index (Phi) is 4.95. The van der Waals surface area contributed by atoms with Crippen LogP contribution in [0.1, 0.15) is 62.4 Å². The lowest BCUT2D eigenvalue weighted by Crippen LogP contribution is -2.70. The van der Waals surface area contributed by atoms with Crippen molar-refractivity contribution in [2.75, 3.05) is 0 Å². The van der Waals surface area contributed by atoms with Gasteiger partial charge in [-0.2, -0.15) is 0 Å². The fourth-order valence-corrected chi connectivity index (χ4v) is 5.98. The van der Waals surface area contributed by atoms with E-state index in [1.54, 1.807) is 24.3 Å². The van der Waals surface area contributed by atoms with E-state index >= 15 is 0 Å². The van der Waals surface area contributed by atoms with Crippen molar-refractivity contribution in [3.63, 3.8) is 0 Å². The summed E-state index contributed by atoms with van der Waals surface area (Å²) in [5.74, 6) is -0.539. The first kappa shape index (κ1) is 20.4. The molecule has 4 aliphatic heterocycles. The maximum Gasteiger partial charge on any atom is 0.335 e. The summed E-state index contributed by atoms with van der Waals surface area (Å²) >= 11 is 0. The smallest absolute Gasteiger partial charge is 0.335 e. The quantitative estimate of drug-likeness (QED) is 0.737. The number of carboxylic acids is 1. The Morgan fingerprint density at radius 3 is 2.63 bits per heavy atom. The van der Waals surface area contributed by atoms with E-state index in [1.807, 2.05) is 6.92 Å². The zero-order valence-corrected chi connectivity index (χ0v) is 17.7. The minimum atomic E-state index is -0.936. The first-order chi connectivity index (χ1) is 14.3. The van der Waals surface area contributed by atoms with Gasteiger partial charge < -0.3 is 19.3 Å². The summed E-state index contributed by atoms with van der Waals surface area (Å²) in [7, 11) is 0. The number of rotatable bonds is 4. The molecule has 7 nitrogen and oxygen atoms in total. The van der Waals surface area contributed by atoms with Crippen LogP contribution in [-0.4, -0.2) is 35.0 Å². The molecule has 1 unspecified atom stereocenters. The highest BCUT2D eigenvalue weighted by Gasteiger charge is 2.69. The molecule has 1 N–H and O–H groups in total. The molecule has 0 amide bonds. The summed E-state index contributed by atoms with van der Waals surface area (Å²) in [4.78, 5) is 23.0. The van der Waals surface area contributed by atoms with Crippen molar-refractivity contribution < 1.29 is 33.9 Å². The lowest BCUT2D eigenvalue weighted by atomic mass is 9.58. The second-order valence-electron chi connectivity index (χ2n) is 9.59. The normalized spacial score (nSPS) is 44.9. The summed E-state index contributed by atoms with van der Waals surface area (Å²) in [5.41, 5.74) is 0.579. The molecular weight excluding hydrogens is 388 g/mol. The lowest BCUT2D eigenvalue weighted by molar-refractivity contribution is -0.577. The summed E-state index contributed by atoms with van der Waals surface area (Å²) in [5, 5.41) is 9.06. The third-order valence-electron chi connectivity index (χ3n) is 7.71. The third kappa shape index (κ3) is 3.10. The van der Waals surface area contributed by atoms with Gasteiger partial charge in [0.1, 0.15) is 0 Å². The second-order valence-corrected chi connectivity index (χ2v) is 9.59. The molecule has 5 aliphatic rings. The topological polar surface area (TPSA) is 83.5 Å². The standard InChI is InChI=1S/C23H30O7/c1-13-4-9-18-14(2)20(26-12-15-5-7-16(8-6-15)19(24)25)27-21-23(18)17(13)10-11-22(3,28-21)29-30-23/h5-8,13-14,17-18,20-21H,4,9-12H2,1-3H3,(H,24,25)/t13-,14-,17+,18+,20+,21-,22+,23?/m1/s1. The monoisotopic (exact) mass is 418 g/mol. The molecule has 2 bridgehead atoms. The van der Waals surface area contributed by atoms with Crippen LogP contribution in [0.2, 0.25) is 0 Å². The Balaban J connectivity index is 1.37. The number of hydrogen-bond acceptors (Lipinski definition) is 6. The summed E-state index contributed by atoms with van der Waals surface area (Å²) < 4.78 is 18.9. The molecule has 6 rings (SSSR count). The molecule has 8 atom stereocenters. The third-order valence-corrected chi connectivity index (χ3v) is 7.71. The molecule has 5 fully saturated rings.